The summed E-state index contributed by atoms with van der Waals surface area (Å²) >= 11 is 3.53. The van der Waals surface area contributed by atoms with Crippen molar-refractivity contribution in [3.8, 4) is 11.1 Å². The first-order valence-electron chi connectivity index (χ1n) is 15.7. The largest absolute Gasteiger partial charge is 0.384 e. The number of hydrogen-bond acceptors (Lipinski definition) is 10. The number of benzene rings is 1. The maximum absolute atomic E-state index is 6.24. The van der Waals surface area contributed by atoms with Crippen LogP contribution in [0.4, 0.5) is 11.6 Å². The molecule has 2 fully saturated rings. The van der Waals surface area contributed by atoms with Crippen molar-refractivity contribution in [3.63, 3.8) is 0 Å². The molecule has 0 amide bonds. The number of nitrogens with two attached hydrogens (primary N) is 2. The van der Waals surface area contributed by atoms with Gasteiger partial charge in [0, 0.05) is 61.6 Å². The number of hydrogen-bond donors (Lipinski definition) is 4. The van der Waals surface area contributed by atoms with Gasteiger partial charge in [0.1, 0.15) is 17.7 Å². The van der Waals surface area contributed by atoms with E-state index in [-0.39, 0.29) is 6.10 Å². The summed E-state index contributed by atoms with van der Waals surface area (Å²) in [4.78, 5) is 9.64. The fourth-order valence-electron chi connectivity index (χ4n) is 5.94. The molecule has 14 heteroatoms. The number of aromatic nitrogens is 8. The predicted octanol–water partition coefficient (Wildman–Crippen LogP) is 4.08. The van der Waals surface area contributed by atoms with Crippen LogP contribution in [0.5, 0.6) is 0 Å². The molecule has 2 aliphatic rings. The van der Waals surface area contributed by atoms with Crippen LogP contribution in [-0.2, 0) is 11.8 Å². The molecule has 2 unspecified atom stereocenters. The molecule has 0 saturated carbocycles. The fourth-order valence-corrected chi connectivity index (χ4v) is 6.45. The number of piperidine rings is 1. The van der Waals surface area contributed by atoms with Crippen LogP contribution in [0.1, 0.15) is 47.4 Å². The van der Waals surface area contributed by atoms with E-state index in [1.54, 1.807) is 26.1 Å². The van der Waals surface area contributed by atoms with Crippen molar-refractivity contribution in [2.45, 2.75) is 24.9 Å². The lowest BCUT2D eigenvalue weighted by Gasteiger charge is -2.24. The van der Waals surface area contributed by atoms with Crippen molar-refractivity contribution < 1.29 is 4.74 Å². The number of nitrogens with zero attached hydrogens (tertiary/aromatic N) is 8. The topological polar surface area (TPSA) is 164 Å². The van der Waals surface area contributed by atoms with E-state index in [0.717, 1.165) is 69.8 Å². The minimum atomic E-state index is -0.137. The van der Waals surface area contributed by atoms with Crippen LogP contribution in [0.25, 0.3) is 34.6 Å². The number of ether oxygens (including phenoxy) is 1. The number of anilines is 2. The Labute approximate surface area is 280 Å². The fraction of sp³-hybridized carbons (Fsp3) is 0.303. The second kappa shape index (κ2) is 13.6. The Balaban J connectivity index is 0.000000150. The molecule has 5 aromatic heterocycles. The van der Waals surface area contributed by atoms with E-state index in [2.05, 4.69) is 60.1 Å². The lowest BCUT2D eigenvalue weighted by molar-refractivity contribution is 0.0247. The van der Waals surface area contributed by atoms with Crippen molar-refractivity contribution in [3.05, 3.63) is 88.2 Å². The van der Waals surface area contributed by atoms with Gasteiger partial charge in [-0.05, 0) is 47.0 Å². The van der Waals surface area contributed by atoms with Crippen molar-refractivity contribution in [2.24, 2.45) is 7.05 Å². The van der Waals surface area contributed by atoms with Gasteiger partial charge in [0.15, 0.2) is 11.3 Å². The minimum absolute atomic E-state index is 0.137. The average molecular weight is 698 g/mol. The standard InChI is InChI=1S/C19H21N5.C14H16BrN7O/c20-18-11-17(15-7-4-10-21-12-15)23-19-16(13-22-24(18)19)9-8-14-5-2-1-3-6-14;1-21-7-8(4-18-21)9-5-19-22-13(16)11(15)12(20-14(9)22)10-6-17-2-3-23-10/h1-3,5-6,8-9,11,13,15,21H,4,7,10,12,20H2;4-5,7,10,17H,2-3,6,16H2,1H3/b9-8+;. The number of morpholine rings is 1. The van der Waals surface area contributed by atoms with Crippen molar-refractivity contribution in [1.82, 2.24) is 49.6 Å². The summed E-state index contributed by atoms with van der Waals surface area (Å²) in [6, 6.07) is 12.2. The minimum Gasteiger partial charge on any atom is -0.384 e. The van der Waals surface area contributed by atoms with E-state index in [9.17, 15) is 0 Å². The van der Waals surface area contributed by atoms with E-state index in [0.29, 0.717) is 36.4 Å². The van der Waals surface area contributed by atoms with Gasteiger partial charge in [0.2, 0.25) is 0 Å². The van der Waals surface area contributed by atoms with Crippen LogP contribution in [0.3, 0.4) is 0 Å². The lowest BCUT2D eigenvalue weighted by Crippen LogP contribution is -2.34. The Bertz CT molecular complexity index is 2020. The third-order valence-electron chi connectivity index (χ3n) is 8.41. The molecule has 242 valence electrons. The van der Waals surface area contributed by atoms with Crippen molar-refractivity contribution >= 4 is 51.0 Å². The Morgan fingerprint density at radius 3 is 2.51 bits per heavy atom. The molecule has 6 N–H and O–H groups in total. The number of halogens is 1. The van der Waals surface area contributed by atoms with Gasteiger partial charge in [0.05, 0.1) is 41.1 Å². The van der Waals surface area contributed by atoms with Gasteiger partial charge in [0.25, 0.3) is 0 Å². The second-order valence-electron chi connectivity index (χ2n) is 11.7. The maximum atomic E-state index is 6.24. The number of aryl methyl sites for hydroxylation is 1. The highest BCUT2D eigenvalue weighted by Gasteiger charge is 2.25. The molecule has 2 saturated heterocycles. The maximum Gasteiger partial charge on any atom is 0.165 e. The van der Waals surface area contributed by atoms with E-state index >= 15 is 0 Å². The summed E-state index contributed by atoms with van der Waals surface area (Å²) in [5.74, 6) is 1.57. The molecule has 0 bridgehead atoms. The van der Waals surface area contributed by atoms with Crippen LogP contribution in [-0.4, -0.2) is 71.8 Å². The number of nitrogen functional groups attached to an aromatic ring is 2. The molecule has 0 spiro atoms. The van der Waals surface area contributed by atoms with E-state index < -0.39 is 0 Å². The molecule has 1 aromatic carbocycles. The highest BCUT2D eigenvalue weighted by Crippen LogP contribution is 2.33. The number of fused-ring (bicyclic) bond motifs is 2. The first-order chi connectivity index (χ1) is 23.0. The molecule has 2 atom stereocenters. The molecule has 7 heterocycles. The molecule has 2 aliphatic heterocycles. The molecule has 13 nitrogen and oxygen atoms in total. The van der Waals surface area contributed by atoms with Gasteiger partial charge in [-0.15, -0.1) is 0 Å². The van der Waals surface area contributed by atoms with E-state index in [4.69, 9.17) is 26.2 Å². The molecular weight excluding hydrogens is 660 g/mol. The Kier molecular flexibility index (Phi) is 8.98. The van der Waals surface area contributed by atoms with E-state index in [1.165, 1.54) is 6.42 Å². The molecule has 6 aromatic rings. The zero-order chi connectivity index (χ0) is 32.3. The number of rotatable bonds is 5. The molecule has 8 rings (SSSR count). The normalized spacial score (nSPS) is 18.5. The van der Waals surface area contributed by atoms with Crippen molar-refractivity contribution in [1.29, 1.82) is 0 Å². The predicted molar refractivity (Wildman–Crippen MR) is 186 cm³/mol. The Hall–Kier alpha value is -4.63. The first-order valence-corrected chi connectivity index (χ1v) is 16.5. The van der Waals surface area contributed by atoms with Gasteiger partial charge < -0.3 is 26.8 Å². The number of nitrogens with one attached hydrogen (secondary N) is 2. The molecule has 0 aliphatic carbocycles. The quantitative estimate of drug-likeness (QED) is 0.207. The summed E-state index contributed by atoms with van der Waals surface area (Å²) < 4.78 is 11.6. The Morgan fingerprint density at radius 1 is 0.936 bits per heavy atom. The van der Waals surface area contributed by atoms with Crippen LogP contribution in [0.2, 0.25) is 0 Å². The second-order valence-corrected chi connectivity index (χ2v) is 12.5. The zero-order valence-corrected chi connectivity index (χ0v) is 27.6. The summed E-state index contributed by atoms with van der Waals surface area (Å²) in [6.45, 7) is 4.26. The average Bonchev–Trinajstić information content (AvgIpc) is 3.85. The highest BCUT2D eigenvalue weighted by atomic mass is 79.9. The van der Waals surface area contributed by atoms with Gasteiger partial charge in [-0.1, -0.05) is 36.4 Å². The zero-order valence-electron chi connectivity index (χ0n) is 26.1. The molecular formula is C33H37BrN12O. The third-order valence-corrected chi connectivity index (χ3v) is 9.23. The van der Waals surface area contributed by atoms with Gasteiger partial charge in [-0.3, -0.25) is 4.68 Å². The summed E-state index contributed by atoms with van der Waals surface area (Å²) in [6.07, 6.45) is 13.6. The smallest absolute Gasteiger partial charge is 0.165 e. The molecule has 47 heavy (non-hydrogen) atoms. The monoisotopic (exact) mass is 696 g/mol. The lowest BCUT2D eigenvalue weighted by atomic mass is 9.96. The van der Waals surface area contributed by atoms with Crippen LogP contribution >= 0.6 is 15.9 Å². The highest BCUT2D eigenvalue weighted by molar-refractivity contribution is 9.10. The van der Waals surface area contributed by atoms with Crippen molar-refractivity contribution in [2.75, 3.05) is 44.3 Å². The summed E-state index contributed by atoms with van der Waals surface area (Å²) in [5.41, 5.74) is 19.8. The van der Waals surface area contributed by atoms with Crippen LogP contribution < -0.4 is 22.1 Å². The van der Waals surface area contributed by atoms with Crippen LogP contribution in [0.15, 0.2) is 65.7 Å². The van der Waals surface area contributed by atoms with Gasteiger partial charge >= 0.3 is 0 Å². The van der Waals surface area contributed by atoms with Gasteiger partial charge in [-0.2, -0.15) is 24.3 Å². The van der Waals surface area contributed by atoms with E-state index in [1.807, 2.05) is 49.8 Å². The summed E-state index contributed by atoms with van der Waals surface area (Å²) in [7, 11) is 1.88. The molecule has 0 radical (unpaired) electrons. The van der Waals surface area contributed by atoms with Gasteiger partial charge in [-0.25, -0.2) is 9.97 Å². The van der Waals surface area contributed by atoms with Crippen LogP contribution in [0, 0.1) is 0 Å². The Morgan fingerprint density at radius 2 is 1.77 bits per heavy atom. The summed E-state index contributed by atoms with van der Waals surface area (Å²) in [5, 5.41) is 19.7. The SMILES string of the molecule is Cn1cc(-c2cnn3c(N)c(Br)c(C4CNCCO4)nc23)cn1.Nc1cc(C2CCCNC2)nc2c(/C=C/c3ccccc3)cnn12. The third kappa shape index (κ3) is 6.49. The first kappa shape index (κ1) is 31.0.